The summed E-state index contributed by atoms with van der Waals surface area (Å²) in [7, 11) is 0. The van der Waals surface area contributed by atoms with Gasteiger partial charge in [-0.05, 0) is 92.3 Å². The number of fused-ring (bicyclic) bond motifs is 2. The van der Waals surface area contributed by atoms with Crippen molar-refractivity contribution in [2.24, 2.45) is 16.2 Å². The van der Waals surface area contributed by atoms with Gasteiger partial charge in [0.05, 0.1) is 29.5 Å². The highest BCUT2D eigenvalue weighted by Crippen LogP contribution is 2.46. The standard InChI is InChI=1S/C40H46O9/c1-6-39(4,36(44)49-23-32-30-13-9-7-11-27(30)20-28-12-8-10-14-31(28)32)25-40(5,24-38(2,3)35(43)48-22-29-21-47-29)37(45)46-18-17-26-15-16-33(41)34(42)19-26/h7-16,19-20,29,41-42H,6,17-18,21-25H2,1-5H3. The van der Waals surface area contributed by atoms with Crippen molar-refractivity contribution in [1.82, 2.24) is 0 Å². The molecule has 4 aromatic carbocycles. The van der Waals surface area contributed by atoms with Crippen LogP contribution < -0.4 is 0 Å². The second kappa shape index (κ2) is 14.5. The maximum atomic E-state index is 14.1. The van der Waals surface area contributed by atoms with Crippen LogP contribution in [0.3, 0.4) is 0 Å². The van der Waals surface area contributed by atoms with Crippen LogP contribution in [0.15, 0.2) is 72.8 Å². The Morgan fingerprint density at radius 2 is 1.37 bits per heavy atom. The zero-order valence-corrected chi connectivity index (χ0v) is 28.9. The molecular weight excluding hydrogens is 624 g/mol. The van der Waals surface area contributed by atoms with Crippen LogP contribution in [0.2, 0.25) is 0 Å². The van der Waals surface area contributed by atoms with Crippen molar-refractivity contribution in [3.63, 3.8) is 0 Å². The molecule has 0 aromatic heterocycles. The average molecular weight is 671 g/mol. The van der Waals surface area contributed by atoms with Crippen molar-refractivity contribution in [3.8, 4) is 11.5 Å². The van der Waals surface area contributed by atoms with Crippen molar-refractivity contribution in [2.75, 3.05) is 19.8 Å². The monoisotopic (exact) mass is 670 g/mol. The van der Waals surface area contributed by atoms with Crippen molar-refractivity contribution >= 4 is 39.5 Å². The van der Waals surface area contributed by atoms with Crippen LogP contribution in [-0.4, -0.2) is 54.0 Å². The van der Waals surface area contributed by atoms with Gasteiger partial charge in [-0.15, -0.1) is 0 Å². The van der Waals surface area contributed by atoms with Gasteiger partial charge >= 0.3 is 17.9 Å². The number of ether oxygens (including phenoxy) is 4. The highest BCUT2D eigenvalue weighted by atomic mass is 16.6. The van der Waals surface area contributed by atoms with Crippen LogP contribution in [0.25, 0.3) is 21.5 Å². The number of carbonyl (C=O) groups is 3. The lowest BCUT2D eigenvalue weighted by Crippen LogP contribution is -2.44. The zero-order valence-electron chi connectivity index (χ0n) is 28.9. The van der Waals surface area contributed by atoms with E-state index in [9.17, 15) is 24.6 Å². The van der Waals surface area contributed by atoms with Crippen LogP contribution >= 0.6 is 0 Å². The van der Waals surface area contributed by atoms with E-state index in [-0.39, 0.29) is 56.7 Å². The van der Waals surface area contributed by atoms with Crippen LogP contribution in [0.5, 0.6) is 11.5 Å². The molecule has 1 saturated heterocycles. The number of carbonyl (C=O) groups excluding carboxylic acids is 3. The maximum absolute atomic E-state index is 14.1. The smallest absolute Gasteiger partial charge is 0.312 e. The summed E-state index contributed by atoms with van der Waals surface area (Å²) >= 11 is 0. The summed E-state index contributed by atoms with van der Waals surface area (Å²) in [6.45, 7) is 9.57. The Bertz CT molecular complexity index is 1790. The highest BCUT2D eigenvalue weighted by molar-refractivity contribution is 6.02. The van der Waals surface area contributed by atoms with E-state index in [0.717, 1.165) is 27.1 Å². The number of benzene rings is 4. The number of rotatable bonds is 15. The first kappa shape index (κ1) is 35.7. The predicted octanol–water partition coefficient (Wildman–Crippen LogP) is 7.40. The van der Waals surface area contributed by atoms with E-state index in [1.807, 2.05) is 55.5 Å². The molecule has 3 unspecified atom stereocenters. The Balaban J connectivity index is 1.37. The highest BCUT2D eigenvalue weighted by Gasteiger charge is 2.50. The molecule has 1 heterocycles. The SMILES string of the molecule is CCC(C)(CC(C)(CC(C)(C)C(=O)OCC1CO1)C(=O)OCCc1ccc(O)c(O)c1)C(=O)OCc1c2ccccc2cc2ccccc12. The first-order valence-corrected chi connectivity index (χ1v) is 16.8. The van der Waals surface area contributed by atoms with Gasteiger partial charge < -0.3 is 29.2 Å². The molecule has 0 aliphatic carbocycles. The summed E-state index contributed by atoms with van der Waals surface area (Å²) in [5.41, 5.74) is -1.90. The number of hydrogen-bond donors (Lipinski definition) is 2. The first-order valence-electron chi connectivity index (χ1n) is 16.8. The number of phenols is 2. The second-order valence-corrected chi connectivity index (χ2v) is 14.3. The molecule has 9 heteroatoms. The van der Waals surface area contributed by atoms with E-state index >= 15 is 0 Å². The minimum absolute atomic E-state index is 0.00995. The van der Waals surface area contributed by atoms with Gasteiger partial charge in [-0.25, -0.2) is 0 Å². The van der Waals surface area contributed by atoms with Gasteiger partial charge in [0.1, 0.15) is 19.3 Å². The summed E-state index contributed by atoms with van der Waals surface area (Å²) in [5.74, 6) is -1.98. The Morgan fingerprint density at radius 3 is 1.96 bits per heavy atom. The van der Waals surface area contributed by atoms with Gasteiger partial charge in [0.2, 0.25) is 0 Å². The molecule has 1 aliphatic heterocycles. The third-order valence-corrected chi connectivity index (χ3v) is 9.63. The molecule has 0 radical (unpaired) electrons. The second-order valence-electron chi connectivity index (χ2n) is 14.3. The van der Waals surface area contributed by atoms with Crippen molar-refractivity contribution < 1.29 is 43.5 Å². The van der Waals surface area contributed by atoms with Gasteiger partial charge in [0.25, 0.3) is 0 Å². The fourth-order valence-corrected chi connectivity index (χ4v) is 6.72. The normalized spacial score (nSPS) is 16.8. The third-order valence-electron chi connectivity index (χ3n) is 9.63. The molecule has 3 atom stereocenters. The van der Waals surface area contributed by atoms with Gasteiger partial charge in [-0.3, -0.25) is 14.4 Å². The van der Waals surface area contributed by atoms with Gasteiger partial charge in [-0.2, -0.15) is 0 Å². The molecule has 0 amide bonds. The largest absolute Gasteiger partial charge is 0.504 e. The molecule has 9 nitrogen and oxygen atoms in total. The first-order chi connectivity index (χ1) is 23.2. The molecule has 49 heavy (non-hydrogen) atoms. The average Bonchev–Trinajstić information content (AvgIpc) is 3.91. The fraction of sp³-hybridized carbons (Fsp3) is 0.425. The van der Waals surface area contributed by atoms with Gasteiger partial charge in [-0.1, -0.05) is 61.5 Å². The molecule has 2 N–H and O–H groups in total. The van der Waals surface area contributed by atoms with E-state index < -0.39 is 34.2 Å². The lowest BCUT2D eigenvalue weighted by molar-refractivity contribution is -0.169. The molecule has 0 spiro atoms. The Kier molecular flexibility index (Phi) is 10.5. The summed E-state index contributed by atoms with van der Waals surface area (Å²) in [5, 5.41) is 23.6. The lowest BCUT2D eigenvalue weighted by atomic mass is 9.65. The number of phenolic OH excluding ortho intramolecular Hbond substituents is 2. The minimum atomic E-state index is -1.29. The summed E-state index contributed by atoms with van der Waals surface area (Å²) < 4.78 is 22.6. The van der Waals surface area contributed by atoms with E-state index in [1.54, 1.807) is 33.8 Å². The van der Waals surface area contributed by atoms with Crippen LogP contribution in [0, 0.1) is 16.2 Å². The van der Waals surface area contributed by atoms with Crippen LogP contribution in [0.4, 0.5) is 0 Å². The molecule has 1 aliphatic rings. The van der Waals surface area contributed by atoms with Gasteiger partial charge in [0, 0.05) is 12.0 Å². The summed E-state index contributed by atoms with van der Waals surface area (Å²) in [4.78, 5) is 41.3. The molecular formula is C40H46O9. The molecule has 260 valence electrons. The molecule has 4 aromatic rings. The molecule has 0 saturated carbocycles. The third kappa shape index (κ3) is 8.33. The van der Waals surface area contributed by atoms with Crippen molar-refractivity contribution in [2.45, 2.75) is 73.0 Å². The van der Waals surface area contributed by atoms with E-state index in [0.29, 0.717) is 18.6 Å². The van der Waals surface area contributed by atoms with E-state index in [2.05, 4.69) is 6.07 Å². The number of epoxide rings is 1. The quantitative estimate of drug-likeness (QED) is 0.0436. The Labute approximate surface area is 287 Å². The Hall–Kier alpha value is -4.63. The zero-order chi connectivity index (χ0) is 35.4. The topological polar surface area (TPSA) is 132 Å². The summed E-state index contributed by atoms with van der Waals surface area (Å²) in [6, 6.07) is 22.5. The minimum Gasteiger partial charge on any atom is -0.504 e. The fourth-order valence-electron chi connectivity index (χ4n) is 6.72. The molecule has 0 bridgehead atoms. The van der Waals surface area contributed by atoms with Gasteiger partial charge in [0.15, 0.2) is 11.5 Å². The molecule has 5 rings (SSSR count). The molecule has 1 fully saturated rings. The maximum Gasteiger partial charge on any atom is 0.312 e. The van der Waals surface area contributed by atoms with Crippen molar-refractivity contribution in [3.05, 3.63) is 83.9 Å². The number of esters is 3. The Morgan fingerprint density at radius 1 is 0.755 bits per heavy atom. The van der Waals surface area contributed by atoms with E-state index in [1.165, 1.54) is 12.1 Å². The predicted molar refractivity (Wildman–Crippen MR) is 186 cm³/mol. The van der Waals surface area contributed by atoms with Crippen molar-refractivity contribution in [1.29, 1.82) is 0 Å². The van der Waals surface area contributed by atoms with Crippen LogP contribution in [-0.2, 0) is 46.4 Å². The lowest BCUT2D eigenvalue weighted by Gasteiger charge is -2.39. The number of hydrogen-bond acceptors (Lipinski definition) is 9. The summed E-state index contributed by atoms with van der Waals surface area (Å²) in [6.07, 6.45) is 0.677. The van der Waals surface area contributed by atoms with E-state index in [4.69, 9.17) is 18.9 Å². The number of aromatic hydroxyl groups is 2. The van der Waals surface area contributed by atoms with Crippen LogP contribution in [0.1, 0.15) is 65.0 Å².